The zero-order valence-electron chi connectivity index (χ0n) is 6.60. The fourth-order valence-electron chi connectivity index (χ4n) is 0.917. The van der Waals surface area contributed by atoms with Crippen LogP contribution in [0.15, 0.2) is 24.3 Å². The first kappa shape index (κ1) is 9.59. The molecule has 0 aliphatic carbocycles. The highest BCUT2D eigenvalue weighted by Gasteiger charge is 2.31. The first-order valence-electron chi connectivity index (χ1n) is 3.57. The minimum atomic E-state index is -3.27. The number of alkyl halides is 2. The van der Waals surface area contributed by atoms with E-state index in [0.29, 0.717) is 0 Å². The van der Waals surface area contributed by atoms with Crippen LogP contribution >= 0.6 is 0 Å². The number of hydrogen-bond donors (Lipinski definition) is 0. The molecule has 1 nitrogen and oxygen atoms in total. The molecule has 0 saturated heterocycles. The van der Waals surface area contributed by atoms with E-state index in [0.717, 1.165) is 18.2 Å². The molecule has 13 heavy (non-hydrogen) atoms. The van der Waals surface area contributed by atoms with Crippen LogP contribution in [-0.2, 0) is 5.92 Å². The number of rotatable bonds is 2. The van der Waals surface area contributed by atoms with Gasteiger partial charge < -0.3 is 0 Å². The van der Waals surface area contributed by atoms with Gasteiger partial charge in [-0.25, -0.2) is 13.2 Å². The highest BCUT2D eigenvalue weighted by molar-refractivity contribution is 5.22. The lowest BCUT2D eigenvalue weighted by molar-refractivity contribution is 0.000649. The van der Waals surface area contributed by atoms with Gasteiger partial charge in [0.2, 0.25) is 0 Å². The quantitative estimate of drug-likeness (QED) is 0.694. The number of benzene rings is 1. The Morgan fingerprint density at radius 1 is 1.38 bits per heavy atom. The van der Waals surface area contributed by atoms with Crippen LogP contribution in [0.1, 0.15) is 12.0 Å². The van der Waals surface area contributed by atoms with Gasteiger partial charge in [0.25, 0.3) is 5.92 Å². The van der Waals surface area contributed by atoms with E-state index in [1.54, 1.807) is 0 Å². The molecule has 0 aliphatic heterocycles. The van der Waals surface area contributed by atoms with Crippen molar-refractivity contribution in [1.29, 1.82) is 5.26 Å². The largest absolute Gasteiger partial charge is 0.286 e. The Kier molecular flexibility index (Phi) is 2.57. The van der Waals surface area contributed by atoms with Gasteiger partial charge in [0.15, 0.2) is 0 Å². The molecule has 0 saturated carbocycles. The molecule has 0 fully saturated rings. The van der Waals surface area contributed by atoms with Crippen LogP contribution in [0, 0.1) is 17.1 Å². The van der Waals surface area contributed by atoms with Crippen molar-refractivity contribution in [1.82, 2.24) is 0 Å². The standard InChI is InChI=1S/C9H6F3N/c10-8-3-1-2-7(6-8)9(11,12)4-5-13/h1-3,6H,4H2. The van der Waals surface area contributed by atoms with Crippen LogP contribution < -0.4 is 0 Å². The third kappa shape index (κ3) is 2.22. The molecule has 0 radical (unpaired) electrons. The van der Waals surface area contributed by atoms with Crippen LogP contribution in [0.25, 0.3) is 0 Å². The fraction of sp³-hybridized carbons (Fsp3) is 0.222. The lowest BCUT2D eigenvalue weighted by atomic mass is 10.1. The van der Waals surface area contributed by atoms with Gasteiger partial charge in [0, 0.05) is 5.56 Å². The van der Waals surface area contributed by atoms with Crippen molar-refractivity contribution in [3.05, 3.63) is 35.6 Å². The molecule has 68 valence electrons. The van der Waals surface area contributed by atoms with Crippen LogP contribution in [0.5, 0.6) is 0 Å². The molecule has 0 amide bonds. The maximum atomic E-state index is 12.9. The molecular weight excluding hydrogens is 179 g/mol. The van der Waals surface area contributed by atoms with Crippen molar-refractivity contribution >= 4 is 0 Å². The summed E-state index contributed by atoms with van der Waals surface area (Å²) in [5.74, 6) is -3.99. The van der Waals surface area contributed by atoms with Crippen LogP contribution in [0.2, 0.25) is 0 Å². The molecule has 1 aromatic carbocycles. The van der Waals surface area contributed by atoms with E-state index in [4.69, 9.17) is 5.26 Å². The predicted octanol–water partition coefficient (Wildman–Crippen LogP) is 2.83. The number of nitrogens with zero attached hydrogens (tertiary/aromatic N) is 1. The molecule has 0 aromatic heterocycles. The SMILES string of the molecule is N#CCC(F)(F)c1cccc(F)c1. The van der Waals surface area contributed by atoms with E-state index in [9.17, 15) is 13.2 Å². The first-order valence-corrected chi connectivity index (χ1v) is 3.57. The molecule has 1 aromatic rings. The summed E-state index contributed by atoms with van der Waals surface area (Å²) in [4.78, 5) is 0. The summed E-state index contributed by atoms with van der Waals surface area (Å²) in [5, 5.41) is 8.11. The number of hydrogen-bond acceptors (Lipinski definition) is 1. The highest BCUT2D eigenvalue weighted by Crippen LogP contribution is 2.31. The van der Waals surface area contributed by atoms with E-state index in [1.165, 1.54) is 12.1 Å². The molecule has 1 rings (SSSR count). The highest BCUT2D eigenvalue weighted by atomic mass is 19.3. The lowest BCUT2D eigenvalue weighted by Crippen LogP contribution is -2.12. The zero-order chi connectivity index (χ0) is 9.90. The van der Waals surface area contributed by atoms with Gasteiger partial charge in [0.1, 0.15) is 12.2 Å². The lowest BCUT2D eigenvalue weighted by Gasteiger charge is -2.12. The summed E-state index contributed by atoms with van der Waals surface area (Å²) in [6.45, 7) is 0. The molecule has 4 heteroatoms. The van der Waals surface area contributed by atoms with Crippen molar-refractivity contribution < 1.29 is 13.2 Å². The fourth-order valence-corrected chi connectivity index (χ4v) is 0.917. The van der Waals surface area contributed by atoms with Gasteiger partial charge >= 0.3 is 0 Å². The van der Waals surface area contributed by atoms with Crippen LogP contribution in [0.4, 0.5) is 13.2 Å². The van der Waals surface area contributed by atoms with Gasteiger partial charge in [-0.05, 0) is 12.1 Å². The second-order valence-electron chi connectivity index (χ2n) is 2.55. The van der Waals surface area contributed by atoms with Gasteiger partial charge in [-0.3, -0.25) is 0 Å². The third-order valence-corrected chi connectivity index (χ3v) is 1.55. The monoisotopic (exact) mass is 185 g/mol. The molecule has 0 aliphatic rings. The van der Waals surface area contributed by atoms with Crippen molar-refractivity contribution in [2.45, 2.75) is 12.3 Å². The van der Waals surface area contributed by atoms with Crippen molar-refractivity contribution in [3.63, 3.8) is 0 Å². The van der Waals surface area contributed by atoms with E-state index in [-0.39, 0.29) is 0 Å². The second kappa shape index (κ2) is 3.48. The Morgan fingerprint density at radius 2 is 2.08 bits per heavy atom. The Labute approximate surface area is 73.4 Å². The third-order valence-electron chi connectivity index (χ3n) is 1.55. The maximum absolute atomic E-state index is 12.9. The Morgan fingerprint density at radius 3 is 2.62 bits per heavy atom. The van der Waals surface area contributed by atoms with E-state index in [2.05, 4.69) is 0 Å². The van der Waals surface area contributed by atoms with Gasteiger partial charge in [-0.1, -0.05) is 12.1 Å². The van der Waals surface area contributed by atoms with Gasteiger partial charge in [-0.15, -0.1) is 0 Å². The molecular formula is C9H6F3N. The summed E-state index contributed by atoms with van der Waals surface area (Å²) in [7, 11) is 0. The molecule has 0 heterocycles. The van der Waals surface area contributed by atoms with Crippen molar-refractivity contribution in [2.75, 3.05) is 0 Å². The van der Waals surface area contributed by atoms with Gasteiger partial charge in [0.05, 0.1) is 6.07 Å². The van der Waals surface area contributed by atoms with E-state index < -0.39 is 23.7 Å². The summed E-state index contributed by atoms with van der Waals surface area (Å²) in [6, 6.07) is 5.45. The summed E-state index contributed by atoms with van der Waals surface area (Å²) >= 11 is 0. The maximum Gasteiger partial charge on any atom is 0.286 e. The normalized spacial score (nSPS) is 10.9. The molecule has 0 bridgehead atoms. The molecule has 0 spiro atoms. The average molecular weight is 185 g/mol. The van der Waals surface area contributed by atoms with Crippen molar-refractivity contribution in [3.8, 4) is 6.07 Å². The van der Waals surface area contributed by atoms with E-state index >= 15 is 0 Å². The van der Waals surface area contributed by atoms with Crippen LogP contribution in [0.3, 0.4) is 0 Å². The minimum Gasteiger partial charge on any atom is -0.207 e. The topological polar surface area (TPSA) is 23.8 Å². The second-order valence-corrected chi connectivity index (χ2v) is 2.55. The van der Waals surface area contributed by atoms with Gasteiger partial charge in [-0.2, -0.15) is 5.26 Å². The number of halogens is 3. The predicted molar refractivity (Wildman–Crippen MR) is 40.5 cm³/mol. The van der Waals surface area contributed by atoms with Crippen molar-refractivity contribution in [2.24, 2.45) is 0 Å². The average Bonchev–Trinajstić information content (AvgIpc) is 2.04. The summed E-state index contributed by atoms with van der Waals surface area (Å²) in [6.07, 6.45) is -0.934. The number of nitriles is 1. The Hall–Kier alpha value is -1.50. The molecule has 0 N–H and O–H groups in total. The summed E-state index contributed by atoms with van der Waals surface area (Å²) in [5.41, 5.74) is -0.464. The van der Waals surface area contributed by atoms with E-state index in [1.807, 2.05) is 0 Å². The zero-order valence-corrected chi connectivity index (χ0v) is 6.60. The summed E-state index contributed by atoms with van der Waals surface area (Å²) < 4.78 is 38.4. The molecule has 0 atom stereocenters. The smallest absolute Gasteiger partial charge is 0.207 e. The Bertz CT molecular complexity index is 341. The molecule has 0 unspecified atom stereocenters. The Balaban J connectivity index is 3.01. The van der Waals surface area contributed by atoms with Crippen LogP contribution in [-0.4, -0.2) is 0 Å². The minimum absolute atomic E-state index is 0.464. The first-order chi connectivity index (χ1) is 6.06.